The highest BCUT2D eigenvalue weighted by atomic mass is 79.9. The average Bonchev–Trinajstić information content (AvgIpc) is 2.77. The zero-order valence-electron chi connectivity index (χ0n) is 19.4. The van der Waals surface area contributed by atoms with Crippen molar-refractivity contribution in [2.24, 2.45) is 0 Å². The Balaban J connectivity index is 1.77. The molecule has 0 aromatic heterocycles. The van der Waals surface area contributed by atoms with E-state index in [1.807, 2.05) is 0 Å². The van der Waals surface area contributed by atoms with Gasteiger partial charge in [-0.15, -0.1) is 0 Å². The highest BCUT2D eigenvalue weighted by Crippen LogP contribution is 2.53. The molecular formula is C20H25Br2ClN4O7Si. The molecule has 1 atom stereocenters. The lowest BCUT2D eigenvalue weighted by Crippen LogP contribution is -2.57. The number of hydrogen-bond acceptors (Lipinski definition) is 7. The fourth-order valence-corrected chi connectivity index (χ4v) is 5.90. The molecule has 15 heteroatoms. The molecule has 0 bridgehead atoms. The van der Waals surface area contributed by atoms with Crippen molar-refractivity contribution in [1.82, 2.24) is 10.2 Å². The molecule has 192 valence electrons. The minimum Gasteiger partial charge on any atom is -0.483 e. The molecule has 35 heavy (non-hydrogen) atoms. The lowest BCUT2D eigenvalue weighted by molar-refractivity contribution is -0.386. The number of rotatable bonds is 7. The van der Waals surface area contributed by atoms with Gasteiger partial charge in [0, 0.05) is 21.1 Å². The first kappa shape index (κ1) is 27.8. The number of piperidine rings is 1. The van der Waals surface area contributed by atoms with Gasteiger partial charge < -0.3 is 14.8 Å². The molecule has 0 spiro atoms. The average molecular weight is 657 g/mol. The van der Waals surface area contributed by atoms with Gasteiger partial charge in [0.25, 0.3) is 5.91 Å². The van der Waals surface area contributed by atoms with Gasteiger partial charge in [0.15, 0.2) is 0 Å². The van der Waals surface area contributed by atoms with Crippen LogP contribution in [0.3, 0.4) is 0 Å². The molecule has 2 heterocycles. The first-order chi connectivity index (χ1) is 16.3. The van der Waals surface area contributed by atoms with Crippen LogP contribution in [0, 0.1) is 10.1 Å². The van der Waals surface area contributed by atoms with E-state index in [1.165, 1.54) is 4.90 Å². The molecule has 2 aliphatic rings. The summed E-state index contributed by atoms with van der Waals surface area (Å²) < 4.78 is 11.3. The summed E-state index contributed by atoms with van der Waals surface area (Å²) in [6.45, 7) is 6.92. The Labute approximate surface area is 224 Å². The van der Waals surface area contributed by atoms with Crippen LogP contribution in [0.25, 0.3) is 0 Å². The van der Waals surface area contributed by atoms with Crippen LogP contribution in [0.2, 0.25) is 30.7 Å². The monoisotopic (exact) mass is 654 g/mol. The van der Waals surface area contributed by atoms with E-state index in [1.54, 1.807) is 0 Å². The van der Waals surface area contributed by atoms with E-state index in [0.717, 1.165) is 10.9 Å². The third-order valence-electron chi connectivity index (χ3n) is 5.52. The lowest BCUT2D eigenvalue weighted by Gasteiger charge is -2.34. The van der Waals surface area contributed by atoms with E-state index in [-0.39, 0.29) is 64.0 Å². The number of hydrogen-bond donors (Lipinski definition) is 1. The summed E-state index contributed by atoms with van der Waals surface area (Å²) >= 11 is 12.7. The van der Waals surface area contributed by atoms with Gasteiger partial charge in [-0.3, -0.25) is 29.5 Å². The molecule has 1 N–H and O–H groups in total. The predicted molar refractivity (Wildman–Crippen MR) is 139 cm³/mol. The van der Waals surface area contributed by atoms with E-state index >= 15 is 0 Å². The van der Waals surface area contributed by atoms with Gasteiger partial charge in [-0.25, -0.2) is 4.79 Å². The van der Waals surface area contributed by atoms with Crippen LogP contribution in [0.15, 0.2) is 8.95 Å². The number of carbonyl (C=O) groups is 3. The highest BCUT2D eigenvalue weighted by Gasteiger charge is 2.40. The molecule has 2 aliphatic heterocycles. The summed E-state index contributed by atoms with van der Waals surface area (Å²) in [4.78, 5) is 51.7. The van der Waals surface area contributed by atoms with Gasteiger partial charge in [-0.2, -0.15) is 0 Å². The second-order valence-corrected chi connectivity index (χ2v) is 16.9. The second-order valence-electron chi connectivity index (χ2n) is 9.27. The summed E-state index contributed by atoms with van der Waals surface area (Å²) in [5.74, 6) is -1.04. The van der Waals surface area contributed by atoms with Crippen LogP contribution < -0.4 is 15.0 Å². The molecule has 3 rings (SSSR count). The largest absolute Gasteiger partial charge is 0.483 e. The molecule has 0 radical (unpaired) electrons. The fourth-order valence-electron chi connectivity index (χ4n) is 3.58. The van der Waals surface area contributed by atoms with Crippen molar-refractivity contribution >= 4 is 80.8 Å². The Kier molecular flexibility index (Phi) is 8.84. The zero-order valence-corrected chi connectivity index (χ0v) is 24.3. The summed E-state index contributed by atoms with van der Waals surface area (Å²) in [5, 5.41) is 14.3. The van der Waals surface area contributed by atoms with Gasteiger partial charge in [-0.1, -0.05) is 31.2 Å². The van der Waals surface area contributed by atoms with Gasteiger partial charge in [0.1, 0.15) is 29.5 Å². The number of anilines is 1. The molecule has 11 nitrogen and oxygen atoms in total. The summed E-state index contributed by atoms with van der Waals surface area (Å²) in [6.07, 6.45) is 0.204. The van der Waals surface area contributed by atoms with Crippen molar-refractivity contribution in [3.8, 4) is 5.75 Å². The quantitative estimate of drug-likeness (QED) is 0.114. The van der Waals surface area contributed by atoms with E-state index in [4.69, 9.17) is 21.1 Å². The molecule has 0 saturated carbocycles. The van der Waals surface area contributed by atoms with E-state index in [0.29, 0.717) is 6.61 Å². The van der Waals surface area contributed by atoms with E-state index in [2.05, 4.69) is 56.8 Å². The van der Waals surface area contributed by atoms with Crippen molar-refractivity contribution in [1.29, 1.82) is 0 Å². The van der Waals surface area contributed by atoms with Crippen LogP contribution in [-0.2, 0) is 14.3 Å². The number of fused-ring (bicyclic) bond motifs is 1. The molecule has 1 unspecified atom stereocenters. The van der Waals surface area contributed by atoms with Gasteiger partial charge in [0.05, 0.1) is 21.0 Å². The minimum absolute atomic E-state index is 0.000249. The maximum atomic E-state index is 13.2. The zero-order chi connectivity index (χ0) is 26.1. The number of urea groups is 1. The third-order valence-corrected chi connectivity index (χ3v) is 9.60. The van der Waals surface area contributed by atoms with Crippen LogP contribution in [-0.4, -0.2) is 68.3 Å². The number of likely N-dealkylation sites (tertiary alicyclic amines) is 1. The Hall–Kier alpha value is -1.74. The normalized spacial score (nSPS) is 18.3. The molecule has 1 saturated heterocycles. The number of halogens is 3. The van der Waals surface area contributed by atoms with Crippen molar-refractivity contribution < 1.29 is 28.8 Å². The van der Waals surface area contributed by atoms with Gasteiger partial charge in [-0.05, 0) is 44.3 Å². The van der Waals surface area contributed by atoms with Crippen LogP contribution in [0.1, 0.15) is 12.8 Å². The molecule has 1 aromatic carbocycles. The van der Waals surface area contributed by atoms with Gasteiger partial charge >= 0.3 is 11.7 Å². The third kappa shape index (κ3) is 6.16. The second kappa shape index (κ2) is 11.1. The number of carbonyl (C=O) groups excluding carboxylic acids is 3. The molecular weight excluding hydrogens is 632 g/mol. The Morgan fingerprint density at radius 1 is 1.31 bits per heavy atom. The number of nitrogens with zero attached hydrogens (tertiary/aromatic N) is 3. The molecule has 1 aromatic rings. The smallest absolute Gasteiger partial charge is 0.328 e. The number of nitrogens with one attached hydrogen (secondary N) is 1. The van der Waals surface area contributed by atoms with Crippen LogP contribution in [0.4, 0.5) is 16.2 Å². The number of nitro benzene ring substituents is 1. The molecule has 0 aliphatic carbocycles. The summed E-state index contributed by atoms with van der Waals surface area (Å²) in [7, 11) is -1.33. The van der Waals surface area contributed by atoms with E-state index in [9.17, 15) is 24.5 Å². The Morgan fingerprint density at radius 3 is 2.63 bits per heavy atom. The maximum absolute atomic E-state index is 13.2. The number of benzene rings is 1. The van der Waals surface area contributed by atoms with Crippen molar-refractivity contribution in [2.45, 2.75) is 44.6 Å². The highest BCUT2D eigenvalue weighted by molar-refractivity contribution is 9.11. The van der Waals surface area contributed by atoms with Crippen LogP contribution in [0.5, 0.6) is 5.75 Å². The number of amides is 4. The number of ether oxygens (including phenoxy) is 2. The Bertz CT molecular complexity index is 1070. The van der Waals surface area contributed by atoms with Crippen LogP contribution >= 0.6 is 43.5 Å². The predicted octanol–water partition coefficient (Wildman–Crippen LogP) is 4.51. The van der Waals surface area contributed by atoms with Gasteiger partial charge in [0.2, 0.25) is 11.7 Å². The van der Waals surface area contributed by atoms with Crippen molar-refractivity contribution in [2.75, 3.05) is 31.4 Å². The maximum Gasteiger partial charge on any atom is 0.328 e. The Morgan fingerprint density at radius 2 is 2.00 bits per heavy atom. The first-order valence-corrected chi connectivity index (χ1v) is 16.5. The molecule has 4 amide bonds. The SMILES string of the molecule is C[Si](C)(C)CCOCN1C(=O)CCC(NC(=O)N2CCOc3c2c(Br)c(Cl)c(Br)c3[N+](=O)[O-])C1=O. The summed E-state index contributed by atoms with van der Waals surface area (Å²) in [6, 6.07) is -0.735. The van der Waals surface area contributed by atoms with Crippen molar-refractivity contribution in [3.63, 3.8) is 0 Å². The molecule has 1 fully saturated rings. The van der Waals surface area contributed by atoms with E-state index < -0.39 is 36.7 Å². The topological polar surface area (TPSA) is 131 Å². The fraction of sp³-hybridized carbons (Fsp3) is 0.550. The first-order valence-electron chi connectivity index (χ1n) is 10.8. The standard InChI is InChI=1S/C20H25Br2ClN4O7Si/c1-35(2,3)9-8-33-10-26-12(28)5-4-11(19(26)29)24-20(30)25-6-7-34-18-16(25)13(21)15(23)14(22)17(18)27(31)32/h11H,4-10H2,1-3H3,(H,24,30). The van der Waals surface area contributed by atoms with Crippen molar-refractivity contribution in [3.05, 3.63) is 24.1 Å². The minimum atomic E-state index is -1.33. The lowest BCUT2D eigenvalue weighted by atomic mass is 10.0. The number of nitro groups is 1. The number of imide groups is 1. The summed E-state index contributed by atoms with van der Waals surface area (Å²) in [5.41, 5.74) is -0.328.